The second kappa shape index (κ2) is 13.8. The van der Waals surface area contributed by atoms with Gasteiger partial charge < -0.3 is 10.2 Å². The van der Waals surface area contributed by atoms with Gasteiger partial charge in [0.1, 0.15) is 5.78 Å². The highest BCUT2D eigenvalue weighted by Crippen LogP contribution is 2.63. The van der Waals surface area contributed by atoms with Crippen LogP contribution in [0.5, 0.6) is 0 Å². The van der Waals surface area contributed by atoms with Crippen molar-refractivity contribution in [1.29, 1.82) is 0 Å². The van der Waals surface area contributed by atoms with Crippen LogP contribution in [0, 0.1) is 57.7 Å². The van der Waals surface area contributed by atoms with Gasteiger partial charge in [-0.25, -0.2) is 0 Å². The molecule has 8 unspecified atom stereocenters. The van der Waals surface area contributed by atoms with Crippen molar-refractivity contribution >= 4 is 11.6 Å². The molecular weight excluding hydrogens is 544 g/mol. The molecule has 252 valence electrons. The Labute approximate surface area is 270 Å². The van der Waals surface area contributed by atoms with E-state index in [1.54, 1.807) is 0 Å². The van der Waals surface area contributed by atoms with Crippen molar-refractivity contribution in [1.82, 2.24) is 0 Å². The van der Waals surface area contributed by atoms with Gasteiger partial charge in [0.25, 0.3) is 0 Å². The third-order valence-electron chi connectivity index (χ3n) is 13.6. The van der Waals surface area contributed by atoms with Crippen molar-refractivity contribution in [3.63, 3.8) is 0 Å². The Hall–Kier alpha value is -1.26. The largest absolute Gasteiger partial charge is 0.393 e. The minimum absolute atomic E-state index is 0.0255. The van der Waals surface area contributed by atoms with E-state index in [2.05, 4.69) is 75.3 Å². The van der Waals surface area contributed by atoms with Gasteiger partial charge in [-0.3, -0.25) is 9.59 Å². The number of hydrogen-bond donors (Lipinski definition) is 2. The molecule has 4 fully saturated rings. The van der Waals surface area contributed by atoms with Gasteiger partial charge in [0, 0.05) is 17.8 Å². The summed E-state index contributed by atoms with van der Waals surface area (Å²) in [6.07, 6.45) is 15.3. The molecule has 4 bridgehead atoms. The molecule has 0 amide bonds. The van der Waals surface area contributed by atoms with Crippen LogP contribution < -0.4 is 0 Å². The summed E-state index contributed by atoms with van der Waals surface area (Å²) >= 11 is 0. The molecule has 0 saturated heterocycles. The van der Waals surface area contributed by atoms with Crippen LogP contribution in [-0.2, 0) is 9.59 Å². The summed E-state index contributed by atoms with van der Waals surface area (Å²) < 4.78 is 0. The van der Waals surface area contributed by atoms with E-state index in [1.165, 1.54) is 30.4 Å². The predicted molar refractivity (Wildman–Crippen MR) is 183 cm³/mol. The number of allylic oxidation sites excluding steroid dienone is 4. The van der Waals surface area contributed by atoms with E-state index in [1.807, 2.05) is 19.9 Å². The van der Waals surface area contributed by atoms with E-state index in [0.717, 1.165) is 50.9 Å². The van der Waals surface area contributed by atoms with Gasteiger partial charge in [-0.2, -0.15) is 0 Å². The lowest BCUT2D eigenvalue weighted by molar-refractivity contribution is -0.134. The Bertz CT molecular complexity index is 1090. The second-order valence-corrected chi connectivity index (χ2v) is 17.9. The van der Waals surface area contributed by atoms with Crippen LogP contribution in [0.4, 0.5) is 0 Å². The average Bonchev–Trinajstić information content (AvgIpc) is 3.22. The number of rotatable bonds is 2. The first kappa shape index (κ1) is 37.2. The van der Waals surface area contributed by atoms with Gasteiger partial charge in [-0.1, -0.05) is 79.0 Å². The lowest BCUT2D eigenvalue weighted by atomic mass is 9.49. The van der Waals surface area contributed by atoms with E-state index in [9.17, 15) is 19.8 Å². The SMILES string of the molecule is CC12CCC(CC1=O)C2(C)C.CC1=CC(=O)C2CC1C2(C)C.CC1=CCC(C(C)(C)O)CC1.CC1CCC(C(C)C)C(O)C1. The van der Waals surface area contributed by atoms with E-state index in [0.29, 0.717) is 47.1 Å². The molecule has 4 heteroatoms. The molecule has 7 rings (SSSR count). The maximum atomic E-state index is 11.6. The van der Waals surface area contributed by atoms with Crippen LogP contribution in [0.1, 0.15) is 147 Å². The van der Waals surface area contributed by atoms with Gasteiger partial charge >= 0.3 is 0 Å². The summed E-state index contributed by atoms with van der Waals surface area (Å²) in [4.78, 5) is 23.0. The van der Waals surface area contributed by atoms with E-state index in [-0.39, 0.29) is 22.3 Å². The maximum absolute atomic E-state index is 11.6. The fraction of sp³-hybridized carbons (Fsp3) is 0.850. The van der Waals surface area contributed by atoms with Crippen molar-refractivity contribution < 1.29 is 19.8 Å². The minimum Gasteiger partial charge on any atom is -0.393 e. The van der Waals surface area contributed by atoms with Crippen molar-refractivity contribution in [2.75, 3.05) is 0 Å². The smallest absolute Gasteiger partial charge is 0.159 e. The highest BCUT2D eigenvalue weighted by molar-refractivity contribution is 5.95. The fourth-order valence-corrected chi connectivity index (χ4v) is 9.27. The summed E-state index contributed by atoms with van der Waals surface area (Å²) in [6.45, 7) is 25.8. The first-order valence-electron chi connectivity index (χ1n) is 17.9. The lowest BCUT2D eigenvalue weighted by Gasteiger charge is -2.54. The van der Waals surface area contributed by atoms with Crippen LogP contribution in [0.2, 0.25) is 0 Å². The third-order valence-corrected chi connectivity index (χ3v) is 13.6. The van der Waals surface area contributed by atoms with E-state index >= 15 is 0 Å². The molecule has 0 aromatic rings. The van der Waals surface area contributed by atoms with Crippen LogP contribution in [0.3, 0.4) is 0 Å². The first-order valence-corrected chi connectivity index (χ1v) is 17.9. The lowest BCUT2D eigenvalue weighted by Crippen LogP contribution is -2.51. The number of Topliss-reactive ketones (excluding diaryl/α,β-unsaturated/α-hetero) is 1. The number of aliphatic hydroxyl groups excluding tert-OH is 1. The highest BCUT2D eigenvalue weighted by atomic mass is 16.3. The second-order valence-electron chi connectivity index (χ2n) is 17.9. The van der Waals surface area contributed by atoms with Gasteiger partial charge in [0.2, 0.25) is 0 Å². The normalized spacial score (nSPS) is 38.1. The third kappa shape index (κ3) is 7.81. The van der Waals surface area contributed by atoms with E-state index in [4.69, 9.17) is 0 Å². The molecule has 0 aromatic heterocycles. The number of carbonyl (C=O) groups is 2. The van der Waals surface area contributed by atoms with Crippen molar-refractivity contribution in [3.05, 3.63) is 23.3 Å². The summed E-state index contributed by atoms with van der Waals surface area (Å²) in [5.41, 5.74) is 2.85. The zero-order valence-electron chi connectivity index (χ0n) is 30.6. The number of carbonyl (C=O) groups excluding carboxylic acids is 2. The molecular formula is C40H68O4. The van der Waals surface area contributed by atoms with Crippen molar-refractivity contribution in [2.45, 2.75) is 159 Å². The number of aliphatic hydroxyl groups is 2. The van der Waals surface area contributed by atoms with Crippen LogP contribution in [-0.4, -0.2) is 33.5 Å². The summed E-state index contributed by atoms with van der Waals surface area (Å²) in [7, 11) is 0. The van der Waals surface area contributed by atoms with E-state index < -0.39 is 5.60 Å². The molecule has 0 spiro atoms. The van der Waals surface area contributed by atoms with Crippen LogP contribution >= 0.6 is 0 Å². The molecule has 0 radical (unpaired) electrons. The van der Waals surface area contributed by atoms with Gasteiger partial charge in [0.05, 0.1) is 11.7 Å². The molecule has 7 aliphatic carbocycles. The van der Waals surface area contributed by atoms with Crippen molar-refractivity contribution in [3.8, 4) is 0 Å². The fourth-order valence-electron chi connectivity index (χ4n) is 9.27. The Morgan fingerprint density at radius 1 is 0.932 bits per heavy atom. The first-order chi connectivity index (χ1) is 20.1. The summed E-state index contributed by atoms with van der Waals surface area (Å²) in [6, 6.07) is 0. The topological polar surface area (TPSA) is 74.6 Å². The van der Waals surface area contributed by atoms with Gasteiger partial charge in [0.15, 0.2) is 5.78 Å². The monoisotopic (exact) mass is 613 g/mol. The van der Waals surface area contributed by atoms with Gasteiger partial charge in [-0.05, 0) is 131 Å². The standard InChI is InChI=1S/C10H14O.C10H16O.C10H18O.C10H20O/c1-6-4-9(11)8-5-7(6)10(8,2)3;1-9(2)7-4-5-10(9,3)8(11)6-7;1-8-4-6-9(7-5-8)10(2,3)11;1-7(2)9-5-4-8(3)6-10(9)11/h4,7-8H,5H2,1-3H3;7H,4-6H2,1-3H3;4,9,11H,5-7H2,1-3H3;7-11H,4-6H2,1-3H3. The molecule has 0 heterocycles. The van der Waals surface area contributed by atoms with Gasteiger partial charge in [-0.15, -0.1) is 0 Å². The molecule has 4 saturated carbocycles. The molecule has 0 aliphatic heterocycles. The molecule has 0 aromatic carbocycles. The molecule has 8 atom stereocenters. The molecule has 2 N–H and O–H groups in total. The zero-order chi connectivity index (χ0) is 33.4. The Kier molecular flexibility index (Phi) is 11.7. The molecule has 44 heavy (non-hydrogen) atoms. The summed E-state index contributed by atoms with van der Waals surface area (Å²) in [5, 5.41) is 19.4. The molecule has 7 aliphatic rings. The Morgan fingerprint density at radius 2 is 1.57 bits per heavy atom. The minimum atomic E-state index is -0.489. The maximum Gasteiger partial charge on any atom is 0.159 e. The number of fused-ring (bicyclic) bond motifs is 3. The quantitative estimate of drug-likeness (QED) is 0.305. The Morgan fingerprint density at radius 3 is 1.91 bits per heavy atom. The van der Waals surface area contributed by atoms with Crippen LogP contribution in [0.25, 0.3) is 0 Å². The van der Waals surface area contributed by atoms with Crippen LogP contribution in [0.15, 0.2) is 23.3 Å². The Balaban J connectivity index is 0.000000160. The highest BCUT2D eigenvalue weighted by Gasteiger charge is 2.61. The number of hydrogen-bond acceptors (Lipinski definition) is 4. The summed E-state index contributed by atoms with van der Waals surface area (Å²) in [5.74, 6) is 4.98. The predicted octanol–water partition coefficient (Wildman–Crippen LogP) is 9.52. The molecule has 4 nitrogen and oxygen atoms in total. The average molecular weight is 613 g/mol. The number of ketones is 2. The zero-order valence-corrected chi connectivity index (χ0v) is 30.6. The van der Waals surface area contributed by atoms with Crippen molar-refractivity contribution in [2.24, 2.45) is 57.7 Å².